The first-order chi connectivity index (χ1) is 8.54. The number of ether oxygens (including phenoxy) is 1. The van der Waals surface area contributed by atoms with Crippen molar-refractivity contribution in [3.63, 3.8) is 0 Å². The molecule has 1 N–H and O–H groups in total. The number of thiophene rings is 1. The molecule has 0 fully saturated rings. The fraction of sp³-hybridized carbons (Fsp3) is 0.615. The number of hydrogen-bond donors (Lipinski definition) is 1. The van der Waals surface area contributed by atoms with Gasteiger partial charge in [0.05, 0.1) is 26.4 Å². The maximum atomic E-state index is 12.1. The van der Waals surface area contributed by atoms with Crippen LogP contribution in [0.3, 0.4) is 0 Å². The van der Waals surface area contributed by atoms with E-state index >= 15 is 0 Å². The third-order valence-corrected chi connectivity index (χ3v) is 3.57. The highest BCUT2D eigenvalue weighted by Gasteiger charge is 2.13. The van der Waals surface area contributed by atoms with Gasteiger partial charge in [-0.15, -0.1) is 11.3 Å². The summed E-state index contributed by atoms with van der Waals surface area (Å²) in [6.45, 7) is 6.01. The molecule has 1 heterocycles. The number of hydrogen-bond acceptors (Lipinski definition) is 5. The number of nitrogens with zero attached hydrogens (tertiary/aromatic N) is 1. The highest BCUT2D eigenvalue weighted by atomic mass is 32.1. The van der Waals surface area contributed by atoms with Crippen LogP contribution in [0.1, 0.15) is 20.1 Å². The zero-order chi connectivity index (χ0) is 13.5. The lowest BCUT2D eigenvalue weighted by Crippen LogP contribution is -2.29. The average molecular weight is 271 g/mol. The lowest BCUT2D eigenvalue weighted by Gasteiger charge is -2.15. The van der Waals surface area contributed by atoms with Crippen LogP contribution in [0.4, 0.5) is 0 Å². The van der Waals surface area contributed by atoms with Crippen molar-refractivity contribution in [2.24, 2.45) is 0 Å². The average Bonchev–Trinajstić information content (AvgIpc) is 2.64. The molecule has 0 aliphatic rings. The molecule has 0 spiro atoms. The molecule has 0 aliphatic heterocycles. The van der Waals surface area contributed by atoms with Crippen LogP contribution >= 0.6 is 11.3 Å². The van der Waals surface area contributed by atoms with E-state index in [4.69, 9.17) is 9.84 Å². The standard InChI is InChI=1S/C13H21NO3S/c1-10-8-12(11(2)18-10)13(16)9-14(3)4-6-17-7-5-15/h8,15H,4-7,9H2,1-3H3. The number of rotatable bonds is 8. The summed E-state index contributed by atoms with van der Waals surface area (Å²) >= 11 is 1.66. The van der Waals surface area contributed by atoms with Gasteiger partial charge in [-0.3, -0.25) is 9.69 Å². The smallest absolute Gasteiger partial charge is 0.177 e. The number of likely N-dealkylation sites (N-methyl/N-ethyl adjacent to an activating group) is 1. The molecule has 0 saturated heterocycles. The van der Waals surface area contributed by atoms with Crippen molar-refractivity contribution < 1.29 is 14.6 Å². The molecule has 0 amide bonds. The maximum Gasteiger partial charge on any atom is 0.177 e. The Kier molecular flexibility index (Phi) is 6.49. The Bertz CT molecular complexity index is 390. The minimum Gasteiger partial charge on any atom is -0.394 e. The molecule has 5 heteroatoms. The van der Waals surface area contributed by atoms with Gasteiger partial charge in [0.25, 0.3) is 0 Å². The summed E-state index contributed by atoms with van der Waals surface area (Å²) in [5.74, 6) is 0.154. The molecule has 0 radical (unpaired) electrons. The zero-order valence-electron chi connectivity index (χ0n) is 11.2. The van der Waals surface area contributed by atoms with Crippen molar-refractivity contribution in [3.8, 4) is 0 Å². The van der Waals surface area contributed by atoms with Crippen LogP contribution in [0, 0.1) is 13.8 Å². The first-order valence-electron chi connectivity index (χ1n) is 6.02. The van der Waals surface area contributed by atoms with Crippen molar-refractivity contribution in [2.75, 3.05) is 40.0 Å². The van der Waals surface area contributed by atoms with Crippen LogP contribution < -0.4 is 0 Å². The van der Waals surface area contributed by atoms with Gasteiger partial charge < -0.3 is 9.84 Å². The Hall–Kier alpha value is -0.750. The highest BCUT2D eigenvalue weighted by Crippen LogP contribution is 2.21. The van der Waals surface area contributed by atoms with Gasteiger partial charge in [-0.2, -0.15) is 0 Å². The number of aryl methyl sites for hydroxylation is 2. The van der Waals surface area contributed by atoms with Gasteiger partial charge in [0.15, 0.2) is 5.78 Å². The Morgan fingerprint density at radius 2 is 2.17 bits per heavy atom. The molecular formula is C13H21NO3S. The third-order valence-electron chi connectivity index (χ3n) is 2.61. The van der Waals surface area contributed by atoms with E-state index in [1.165, 1.54) is 4.88 Å². The van der Waals surface area contributed by atoms with Crippen molar-refractivity contribution in [2.45, 2.75) is 13.8 Å². The quantitative estimate of drug-likeness (QED) is 0.575. The number of aliphatic hydroxyl groups is 1. The summed E-state index contributed by atoms with van der Waals surface area (Å²) in [6, 6.07) is 1.96. The number of carbonyl (C=O) groups is 1. The Labute approximate surface area is 112 Å². The number of carbonyl (C=O) groups excluding carboxylic acids is 1. The second kappa shape index (κ2) is 7.63. The maximum absolute atomic E-state index is 12.1. The normalized spacial score (nSPS) is 11.2. The molecule has 1 rings (SSSR count). The molecule has 0 aromatic carbocycles. The molecular weight excluding hydrogens is 250 g/mol. The predicted molar refractivity (Wildman–Crippen MR) is 73.5 cm³/mol. The number of ketones is 1. The van der Waals surface area contributed by atoms with Crippen molar-refractivity contribution >= 4 is 17.1 Å². The van der Waals surface area contributed by atoms with E-state index in [-0.39, 0.29) is 12.4 Å². The minimum absolute atomic E-state index is 0.0377. The van der Waals surface area contributed by atoms with Crippen molar-refractivity contribution in [1.29, 1.82) is 0 Å². The summed E-state index contributed by atoms with van der Waals surface area (Å²) in [5.41, 5.74) is 0.834. The van der Waals surface area contributed by atoms with Crippen LogP contribution in [0.25, 0.3) is 0 Å². The summed E-state index contributed by atoms with van der Waals surface area (Å²) in [5, 5.41) is 8.57. The molecule has 0 saturated carbocycles. The van der Waals surface area contributed by atoms with Crippen LogP contribution in [0.2, 0.25) is 0 Å². The van der Waals surface area contributed by atoms with E-state index in [1.54, 1.807) is 11.3 Å². The molecule has 0 unspecified atom stereocenters. The highest BCUT2D eigenvalue weighted by molar-refractivity contribution is 7.12. The van der Waals surface area contributed by atoms with E-state index in [0.717, 1.165) is 10.4 Å². The van der Waals surface area contributed by atoms with Gasteiger partial charge in [0.1, 0.15) is 0 Å². The van der Waals surface area contributed by atoms with E-state index in [9.17, 15) is 4.79 Å². The zero-order valence-corrected chi connectivity index (χ0v) is 12.0. The second-order valence-electron chi connectivity index (χ2n) is 4.32. The van der Waals surface area contributed by atoms with Gasteiger partial charge in [-0.1, -0.05) is 0 Å². The summed E-state index contributed by atoms with van der Waals surface area (Å²) < 4.78 is 5.17. The Balaban J connectivity index is 2.37. The molecule has 1 aromatic rings. The fourth-order valence-corrected chi connectivity index (χ4v) is 2.65. The summed E-state index contributed by atoms with van der Waals surface area (Å²) in [7, 11) is 1.90. The molecule has 0 bridgehead atoms. The lowest BCUT2D eigenvalue weighted by molar-refractivity contribution is 0.0739. The van der Waals surface area contributed by atoms with Crippen LogP contribution in [-0.4, -0.2) is 55.7 Å². The summed E-state index contributed by atoms with van der Waals surface area (Å²) in [6.07, 6.45) is 0. The lowest BCUT2D eigenvalue weighted by atomic mass is 10.1. The molecule has 0 atom stereocenters. The molecule has 0 aliphatic carbocycles. The van der Waals surface area contributed by atoms with Gasteiger partial charge >= 0.3 is 0 Å². The van der Waals surface area contributed by atoms with E-state index in [0.29, 0.717) is 26.3 Å². The monoisotopic (exact) mass is 271 g/mol. The summed E-state index contributed by atoms with van der Waals surface area (Å²) in [4.78, 5) is 16.3. The first kappa shape index (κ1) is 15.3. The third kappa shape index (κ3) is 4.86. The van der Waals surface area contributed by atoms with Crippen molar-refractivity contribution in [3.05, 3.63) is 21.4 Å². The Morgan fingerprint density at radius 1 is 1.44 bits per heavy atom. The molecule has 102 valence electrons. The van der Waals surface area contributed by atoms with Gasteiger partial charge in [-0.05, 0) is 27.0 Å². The van der Waals surface area contributed by atoms with E-state index in [2.05, 4.69) is 0 Å². The number of Topliss-reactive ketones (excluding diaryl/α,β-unsaturated/α-hetero) is 1. The SMILES string of the molecule is Cc1cc(C(=O)CN(C)CCOCCO)c(C)s1. The Morgan fingerprint density at radius 3 is 2.72 bits per heavy atom. The molecule has 4 nitrogen and oxygen atoms in total. The second-order valence-corrected chi connectivity index (χ2v) is 5.78. The van der Waals surface area contributed by atoms with Gasteiger partial charge in [0.2, 0.25) is 0 Å². The van der Waals surface area contributed by atoms with E-state index in [1.807, 2.05) is 31.9 Å². The van der Waals surface area contributed by atoms with Gasteiger partial charge in [0, 0.05) is 21.9 Å². The topological polar surface area (TPSA) is 49.8 Å². The largest absolute Gasteiger partial charge is 0.394 e. The first-order valence-corrected chi connectivity index (χ1v) is 6.83. The van der Waals surface area contributed by atoms with Crippen LogP contribution in [0.5, 0.6) is 0 Å². The van der Waals surface area contributed by atoms with Crippen molar-refractivity contribution in [1.82, 2.24) is 4.90 Å². The minimum atomic E-state index is 0.0377. The molecule has 1 aromatic heterocycles. The number of aliphatic hydroxyl groups excluding tert-OH is 1. The van der Waals surface area contributed by atoms with Gasteiger partial charge in [-0.25, -0.2) is 0 Å². The predicted octanol–water partition coefficient (Wildman–Crippen LogP) is 1.49. The fourth-order valence-electron chi connectivity index (χ4n) is 1.70. The van der Waals surface area contributed by atoms with E-state index < -0.39 is 0 Å². The molecule has 18 heavy (non-hydrogen) atoms. The van der Waals surface area contributed by atoms with Crippen LogP contribution in [-0.2, 0) is 4.74 Å². The van der Waals surface area contributed by atoms with Crippen LogP contribution in [0.15, 0.2) is 6.07 Å².